The van der Waals surface area contributed by atoms with Crippen LogP contribution in [0.5, 0.6) is 0 Å². The van der Waals surface area contributed by atoms with Crippen molar-refractivity contribution in [3.63, 3.8) is 0 Å². The highest BCUT2D eigenvalue weighted by Gasteiger charge is 2.45. The van der Waals surface area contributed by atoms with Crippen molar-refractivity contribution in [2.24, 2.45) is 5.92 Å². The first-order chi connectivity index (χ1) is 10.2. The van der Waals surface area contributed by atoms with E-state index in [-0.39, 0.29) is 6.04 Å². The number of carbonyl (C=O) groups is 1. The molecular weight excluding hydrogens is 272 g/mol. The predicted molar refractivity (Wildman–Crippen MR) is 74.5 cm³/mol. The van der Waals surface area contributed by atoms with Crippen LogP contribution in [0, 0.1) is 5.92 Å². The van der Waals surface area contributed by atoms with Gasteiger partial charge in [0.25, 0.3) is 0 Å². The first-order valence-electron chi connectivity index (χ1n) is 7.61. The van der Waals surface area contributed by atoms with E-state index in [2.05, 4.69) is 10.1 Å². The van der Waals surface area contributed by atoms with Crippen LogP contribution < -0.4 is 0 Å². The van der Waals surface area contributed by atoms with Gasteiger partial charge in [0.1, 0.15) is 12.6 Å². The molecule has 1 saturated heterocycles. The van der Waals surface area contributed by atoms with Crippen LogP contribution in [-0.4, -0.2) is 40.3 Å². The number of methoxy groups -OCH3 is 1. The number of hydrogen-bond donors (Lipinski definition) is 1. The van der Waals surface area contributed by atoms with E-state index in [1.807, 2.05) is 6.07 Å². The highest BCUT2D eigenvalue weighted by molar-refractivity contribution is 5.74. The SMILES string of the molecule is COCc1cc(CN2C(C(=O)O)CC3CCCCC32)no1. The number of rotatable bonds is 5. The maximum absolute atomic E-state index is 11.5. The van der Waals surface area contributed by atoms with Gasteiger partial charge in [-0.1, -0.05) is 18.0 Å². The molecular formula is C15H22N2O4. The van der Waals surface area contributed by atoms with Gasteiger partial charge in [0, 0.05) is 25.8 Å². The van der Waals surface area contributed by atoms with Gasteiger partial charge < -0.3 is 14.4 Å². The summed E-state index contributed by atoms with van der Waals surface area (Å²) in [5.41, 5.74) is 0.791. The van der Waals surface area contributed by atoms with E-state index in [1.165, 1.54) is 12.8 Å². The van der Waals surface area contributed by atoms with Gasteiger partial charge in [0.15, 0.2) is 5.76 Å². The normalized spacial score (nSPS) is 29.5. The molecule has 0 aromatic carbocycles. The number of ether oxygens (including phenoxy) is 1. The minimum Gasteiger partial charge on any atom is -0.480 e. The molecule has 1 N–H and O–H groups in total. The van der Waals surface area contributed by atoms with Crippen molar-refractivity contribution in [3.05, 3.63) is 17.5 Å². The molecule has 3 unspecified atom stereocenters. The lowest BCUT2D eigenvalue weighted by Crippen LogP contribution is -2.41. The van der Waals surface area contributed by atoms with Gasteiger partial charge in [0.2, 0.25) is 0 Å². The molecule has 2 heterocycles. The lowest BCUT2D eigenvalue weighted by atomic mass is 9.85. The lowest BCUT2D eigenvalue weighted by Gasteiger charge is -2.32. The van der Waals surface area contributed by atoms with Gasteiger partial charge in [-0.3, -0.25) is 9.69 Å². The van der Waals surface area contributed by atoms with E-state index in [9.17, 15) is 9.90 Å². The van der Waals surface area contributed by atoms with Crippen LogP contribution in [0.1, 0.15) is 43.6 Å². The molecule has 6 nitrogen and oxygen atoms in total. The third-order valence-corrected chi connectivity index (χ3v) is 4.75. The summed E-state index contributed by atoms with van der Waals surface area (Å²) in [4.78, 5) is 13.7. The van der Waals surface area contributed by atoms with Gasteiger partial charge >= 0.3 is 5.97 Å². The number of fused-ring (bicyclic) bond motifs is 1. The highest BCUT2D eigenvalue weighted by Crippen LogP contribution is 2.40. The van der Waals surface area contributed by atoms with E-state index < -0.39 is 5.97 Å². The number of nitrogens with zero attached hydrogens (tertiary/aromatic N) is 2. The number of carboxylic acids is 1. The molecule has 0 amide bonds. The zero-order chi connectivity index (χ0) is 14.8. The van der Waals surface area contributed by atoms with Crippen LogP contribution in [0.15, 0.2) is 10.6 Å². The molecule has 1 aromatic heterocycles. The monoisotopic (exact) mass is 294 g/mol. The Labute approximate surface area is 124 Å². The number of aliphatic carboxylic acids is 1. The second-order valence-electron chi connectivity index (χ2n) is 6.09. The van der Waals surface area contributed by atoms with Crippen LogP contribution in [0.4, 0.5) is 0 Å². The number of hydrogen-bond acceptors (Lipinski definition) is 5. The van der Waals surface area contributed by atoms with Crippen molar-refractivity contribution in [2.45, 2.75) is 57.3 Å². The molecule has 3 atom stereocenters. The Balaban J connectivity index is 1.74. The van der Waals surface area contributed by atoms with Gasteiger partial charge in [-0.2, -0.15) is 0 Å². The predicted octanol–water partition coefficient (Wildman–Crippen LogP) is 2.04. The summed E-state index contributed by atoms with van der Waals surface area (Å²) < 4.78 is 10.2. The molecule has 2 fully saturated rings. The van der Waals surface area contributed by atoms with Crippen LogP contribution in [-0.2, 0) is 22.7 Å². The van der Waals surface area contributed by atoms with E-state index in [0.717, 1.165) is 25.0 Å². The summed E-state index contributed by atoms with van der Waals surface area (Å²) in [5, 5.41) is 13.5. The Bertz CT molecular complexity index is 502. The molecule has 0 radical (unpaired) electrons. The number of likely N-dealkylation sites (tertiary alicyclic amines) is 1. The molecule has 6 heteroatoms. The Morgan fingerprint density at radius 2 is 2.33 bits per heavy atom. The first kappa shape index (κ1) is 14.5. The Morgan fingerprint density at radius 3 is 3.10 bits per heavy atom. The van der Waals surface area contributed by atoms with E-state index in [4.69, 9.17) is 9.26 Å². The Hall–Kier alpha value is -1.40. The summed E-state index contributed by atoms with van der Waals surface area (Å²) in [5.74, 6) is 0.481. The topological polar surface area (TPSA) is 75.8 Å². The second-order valence-corrected chi connectivity index (χ2v) is 6.09. The zero-order valence-corrected chi connectivity index (χ0v) is 12.3. The zero-order valence-electron chi connectivity index (χ0n) is 12.3. The van der Waals surface area contributed by atoms with Crippen LogP contribution in [0.25, 0.3) is 0 Å². The molecule has 2 aliphatic rings. The molecule has 116 valence electrons. The fourth-order valence-electron chi connectivity index (χ4n) is 3.85. The van der Waals surface area contributed by atoms with Gasteiger partial charge in [-0.15, -0.1) is 0 Å². The second kappa shape index (κ2) is 6.15. The van der Waals surface area contributed by atoms with Crippen LogP contribution in [0.2, 0.25) is 0 Å². The summed E-state index contributed by atoms with van der Waals surface area (Å²) in [6.45, 7) is 0.937. The third-order valence-electron chi connectivity index (χ3n) is 4.75. The molecule has 1 aliphatic carbocycles. The molecule has 1 aromatic rings. The molecule has 1 saturated carbocycles. The van der Waals surface area contributed by atoms with Crippen molar-refractivity contribution < 1.29 is 19.2 Å². The number of carboxylic acid groups (broad SMARTS) is 1. The average molecular weight is 294 g/mol. The lowest BCUT2D eigenvalue weighted by molar-refractivity contribution is -0.142. The third kappa shape index (κ3) is 2.96. The molecule has 0 bridgehead atoms. The van der Waals surface area contributed by atoms with Crippen molar-refractivity contribution in [1.29, 1.82) is 0 Å². The summed E-state index contributed by atoms with van der Waals surface area (Å²) >= 11 is 0. The van der Waals surface area contributed by atoms with Gasteiger partial charge in [0.05, 0.1) is 5.69 Å². The van der Waals surface area contributed by atoms with E-state index in [0.29, 0.717) is 30.9 Å². The Kier molecular flexibility index (Phi) is 4.26. The van der Waals surface area contributed by atoms with Gasteiger partial charge in [-0.05, 0) is 25.2 Å². The van der Waals surface area contributed by atoms with Crippen molar-refractivity contribution in [2.75, 3.05) is 7.11 Å². The molecule has 0 spiro atoms. The van der Waals surface area contributed by atoms with Crippen LogP contribution >= 0.6 is 0 Å². The van der Waals surface area contributed by atoms with Gasteiger partial charge in [-0.25, -0.2) is 0 Å². The largest absolute Gasteiger partial charge is 0.480 e. The molecule has 3 rings (SSSR count). The standard InChI is InChI=1S/C15H22N2O4/c1-20-9-12-7-11(16-21-12)8-17-13-5-3-2-4-10(13)6-14(17)15(18)19/h7,10,13-14H,2-6,8-9H2,1H3,(H,18,19). The average Bonchev–Trinajstić information content (AvgIpc) is 3.05. The number of aromatic nitrogens is 1. The maximum atomic E-state index is 11.5. The van der Waals surface area contributed by atoms with Crippen molar-refractivity contribution >= 4 is 5.97 Å². The summed E-state index contributed by atoms with van der Waals surface area (Å²) in [6, 6.07) is 1.85. The fraction of sp³-hybridized carbons (Fsp3) is 0.733. The minimum atomic E-state index is -0.718. The van der Waals surface area contributed by atoms with Crippen LogP contribution in [0.3, 0.4) is 0 Å². The smallest absolute Gasteiger partial charge is 0.320 e. The highest BCUT2D eigenvalue weighted by atomic mass is 16.5. The van der Waals surface area contributed by atoms with E-state index >= 15 is 0 Å². The summed E-state index contributed by atoms with van der Waals surface area (Å²) in [7, 11) is 1.61. The molecule has 21 heavy (non-hydrogen) atoms. The van der Waals surface area contributed by atoms with Crippen molar-refractivity contribution in [1.82, 2.24) is 10.1 Å². The first-order valence-corrected chi connectivity index (χ1v) is 7.61. The quantitative estimate of drug-likeness (QED) is 0.895. The minimum absolute atomic E-state index is 0.377. The molecule has 1 aliphatic heterocycles. The summed E-state index contributed by atoms with van der Waals surface area (Å²) in [6.07, 6.45) is 5.43. The maximum Gasteiger partial charge on any atom is 0.320 e. The van der Waals surface area contributed by atoms with E-state index in [1.54, 1.807) is 7.11 Å². The Morgan fingerprint density at radius 1 is 1.52 bits per heavy atom. The van der Waals surface area contributed by atoms with Crippen molar-refractivity contribution in [3.8, 4) is 0 Å². The fourth-order valence-corrected chi connectivity index (χ4v) is 3.85.